The lowest BCUT2D eigenvalue weighted by Crippen LogP contribution is -2.41. The molecular formula is C21H30F2N4O2S. The lowest BCUT2D eigenvalue weighted by molar-refractivity contribution is -0.0221. The number of alkyl halides is 2. The minimum Gasteiger partial charge on any atom is -0.598 e. The van der Waals surface area contributed by atoms with Crippen LogP contribution < -0.4 is 15.2 Å². The summed E-state index contributed by atoms with van der Waals surface area (Å²) in [7, 11) is 0. The Morgan fingerprint density at radius 2 is 1.87 bits per heavy atom. The van der Waals surface area contributed by atoms with Gasteiger partial charge in [-0.25, -0.2) is 13.8 Å². The van der Waals surface area contributed by atoms with Crippen LogP contribution in [0.2, 0.25) is 0 Å². The lowest BCUT2D eigenvalue weighted by atomic mass is 10.1. The molecule has 166 valence electrons. The van der Waals surface area contributed by atoms with Crippen molar-refractivity contribution in [2.75, 3.05) is 18.0 Å². The fourth-order valence-corrected chi connectivity index (χ4v) is 4.36. The second-order valence-electron chi connectivity index (χ2n) is 9.10. The monoisotopic (exact) mass is 440 g/mol. The van der Waals surface area contributed by atoms with E-state index in [9.17, 15) is 18.1 Å². The molecule has 3 heterocycles. The Bertz CT molecular complexity index is 993. The van der Waals surface area contributed by atoms with Gasteiger partial charge in [0.1, 0.15) is 16.2 Å². The summed E-state index contributed by atoms with van der Waals surface area (Å²) < 4.78 is 44.0. The van der Waals surface area contributed by atoms with E-state index in [-0.39, 0.29) is 37.5 Å². The summed E-state index contributed by atoms with van der Waals surface area (Å²) in [5.41, 5.74) is 2.29. The van der Waals surface area contributed by atoms with Crippen molar-refractivity contribution in [2.24, 2.45) is 0 Å². The van der Waals surface area contributed by atoms with Crippen LogP contribution in [-0.2, 0) is 11.4 Å². The number of piperidine rings is 1. The van der Waals surface area contributed by atoms with Crippen LogP contribution in [0, 0.1) is 13.8 Å². The molecule has 1 N–H and O–H groups in total. The molecule has 2 atom stereocenters. The minimum absolute atomic E-state index is 0.152. The van der Waals surface area contributed by atoms with Gasteiger partial charge >= 0.3 is 0 Å². The van der Waals surface area contributed by atoms with Crippen LogP contribution in [0.15, 0.2) is 17.1 Å². The zero-order valence-electron chi connectivity index (χ0n) is 18.4. The van der Waals surface area contributed by atoms with Crippen LogP contribution in [-0.4, -0.2) is 37.7 Å². The van der Waals surface area contributed by atoms with E-state index in [0.29, 0.717) is 17.0 Å². The number of rotatable bonds is 4. The molecule has 1 saturated heterocycles. The quantitative estimate of drug-likeness (QED) is 0.735. The summed E-state index contributed by atoms with van der Waals surface area (Å²) in [4.78, 5) is 19.6. The van der Waals surface area contributed by atoms with Gasteiger partial charge in [-0.2, -0.15) is 0 Å². The Labute approximate surface area is 179 Å². The molecule has 3 rings (SSSR count). The number of nitrogens with zero attached hydrogens (tertiary/aromatic N) is 3. The highest BCUT2D eigenvalue weighted by atomic mass is 32.2. The van der Waals surface area contributed by atoms with Gasteiger partial charge in [-0.05, 0) is 53.2 Å². The molecule has 0 bridgehead atoms. The number of anilines is 1. The van der Waals surface area contributed by atoms with E-state index in [2.05, 4.69) is 4.72 Å². The van der Waals surface area contributed by atoms with Crippen molar-refractivity contribution in [3.8, 4) is 0 Å². The van der Waals surface area contributed by atoms with Crippen LogP contribution in [0.1, 0.15) is 63.3 Å². The molecule has 0 aromatic carbocycles. The van der Waals surface area contributed by atoms with Crippen LogP contribution >= 0.6 is 0 Å². The normalized spacial score (nSPS) is 19.2. The number of pyridine rings is 1. The van der Waals surface area contributed by atoms with Gasteiger partial charge in [0.15, 0.2) is 0 Å². The topological polar surface area (TPSA) is 72.7 Å². The third-order valence-corrected chi connectivity index (χ3v) is 7.07. The average Bonchev–Trinajstić information content (AvgIpc) is 2.64. The summed E-state index contributed by atoms with van der Waals surface area (Å²) in [5, 5.41) is 0. The fourth-order valence-electron chi connectivity index (χ4n) is 3.56. The largest absolute Gasteiger partial charge is 0.598 e. The predicted octanol–water partition coefficient (Wildman–Crippen LogP) is 3.66. The Hall–Kier alpha value is -1.71. The third kappa shape index (κ3) is 4.63. The number of hydrogen-bond acceptors (Lipinski definition) is 5. The van der Waals surface area contributed by atoms with E-state index >= 15 is 0 Å². The molecule has 30 heavy (non-hydrogen) atoms. The van der Waals surface area contributed by atoms with Gasteiger partial charge in [-0.3, -0.25) is 9.20 Å². The van der Waals surface area contributed by atoms with Gasteiger partial charge in [0, 0.05) is 49.1 Å². The zero-order valence-corrected chi connectivity index (χ0v) is 19.2. The Morgan fingerprint density at radius 1 is 1.27 bits per heavy atom. The predicted molar refractivity (Wildman–Crippen MR) is 117 cm³/mol. The molecule has 6 nitrogen and oxygen atoms in total. The standard InChI is InChI=1S/C21H30F2N4O2S/c1-13-11-16(15(3)25-30(29)20(4,5)6)18-24-17(14(2)19(28)27(18)12-13)26-9-7-21(22,23)8-10-26/h11-12,15,25H,7-10H2,1-6H3/t15-,30-/m1/s1. The van der Waals surface area contributed by atoms with Gasteiger partial charge in [0.25, 0.3) is 11.5 Å². The number of fused-ring (bicyclic) bond motifs is 1. The summed E-state index contributed by atoms with van der Waals surface area (Å²) >= 11 is -1.30. The van der Waals surface area contributed by atoms with E-state index < -0.39 is 22.0 Å². The van der Waals surface area contributed by atoms with Gasteiger partial charge < -0.3 is 9.45 Å². The van der Waals surface area contributed by atoms with E-state index in [1.807, 2.05) is 40.7 Å². The maximum absolute atomic E-state index is 13.6. The zero-order chi connectivity index (χ0) is 22.4. The highest BCUT2D eigenvalue weighted by molar-refractivity contribution is 7.90. The molecule has 0 amide bonds. The maximum atomic E-state index is 13.6. The van der Waals surface area contributed by atoms with Crippen molar-refractivity contribution < 1.29 is 13.3 Å². The number of aromatic nitrogens is 2. The van der Waals surface area contributed by atoms with Crippen molar-refractivity contribution >= 4 is 22.8 Å². The van der Waals surface area contributed by atoms with E-state index in [1.54, 1.807) is 18.0 Å². The first kappa shape index (κ1) is 23.0. The average molecular weight is 441 g/mol. The van der Waals surface area contributed by atoms with E-state index in [4.69, 9.17) is 4.98 Å². The summed E-state index contributed by atoms with van der Waals surface area (Å²) in [6.07, 6.45) is 1.22. The molecule has 0 unspecified atom stereocenters. The van der Waals surface area contributed by atoms with Gasteiger partial charge in [0.2, 0.25) is 0 Å². The Kier molecular flexibility index (Phi) is 6.19. The van der Waals surface area contributed by atoms with Crippen LogP contribution in [0.25, 0.3) is 5.65 Å². The van der Waals surface area contributed by atoms with Crippen molar-refractivity contribution in [3.63, 3.8) is 0 Å². The van der Waals surface area contributed by atoms with Gasteiger partial charge in [-0.15, -0.1) is 4.72 Å². The number of hydrogen-bond donors (Lipinski definition) is 1. The van der Waals surface area contributed by atoms with Crippen LogP contribution in [0.4, 0.5) is 14.6 Å². The maximum Gasteiger partial charge on any atom is 0.262 e. The Morgan fingerprint density at radius 3 is 2.43 bits per heavy atom. The first-order chi connectivity index (χ1) is 13.8. The second-order valence-corrected chi connectivity index (χ2v) is 11.1. The highest BCUT2D eigenvalue weighted by Gasteiger charge is 2.35. The second kappa shape index (κ2) is 8.09. The summed E-state index contributed by atoms with van der Waals surface area (Å²) in [5.74, 6) is -2.22. The molecule has 0 saturated carbocycles. The molecule has 1 aliphatic heterocycles. The molecule has 1 aliphatic rings. The first-order valence-corrected chi connectivity index (χ1v) is 11.3. The molecule has 9 heteroatoms. The number of aryl methyl sites for hydroxylation is 1. The smallest absolute Gasteiger partial charge is 0.262 e. The summed E-state index contributed by atoms with van der Waals surface area (Å²) in [6, 6.07) is 1.59. The molecule has 1 fully saturated rings. The molecule has 2 aromatic heterocycles. The fraction of sp³-hybridized carbons (Fsp3) is 0.619. The lowest BCUT2D eigenvalue weighted by Gasteiger charge is -2.33. The summed E-state index contributed by atoms with van der Waals surface area (Å²) in [6.45, 7) is 11.4. The Balaban J connectivity index is 2.08. The van der Waals surface area contributed by atoms with Gasteiger partial charge in [-0.1, -0.05) is 0 Å². The van der Waals surface area contributed by atoms with Gasteiger partial charge in [0.05, 0.1) is 11.6 Å². The van der Waals surface area contributed by atoms with E-state index in [1.165, 1.54) is 4.40 Å². The first-order valence-electron chi connectivity index (χ1n) is 10.1. The molecule has 0 aliphatic carbocycles. The molecule has 0 spiro atoms. The van der Waals surface area contributed by atoms with Crippen molar-refractivity contribution in [2.45, 2.75) is 71.1 Å². The minimum atomic E-state index is -2.67. The molecular weight excluding hydrogens is 410 g/mol. The molecule has 0 radical (unpaired) electrons. The third-order valence-electron chi connectivity index (χ3n) is 5.39. The number of halogens is 2. The molecule has 2 aromatic rings. The van der Waals surface area contributed by atoms with Crippen molar-refractivity contribution in [3.05, 3.63) is 39.3 Å². The number of nitrogens with one attached hydrogen (secondary N) is 1. The van der Waals surface area contributed by atoms with Crippen LogP contribution in [0.3, 0.4) is 0 Å². The van der Waals surface area contributed by atoms with Crippen molar-refractivity contribution in [1.82, 2.24) is 14.1 Å². The SMILES string of the molecule is Cc1cc([C@@H](C)N[S@+]([O-])C(C)(C)C)c2nc(N3CCC(F)(F)CC3)c(C)c(=O)n2c1. The highest BCUT2D eigenvalue weighted by Crippen LogP contribution is 2.31. The van der Waals surface area contributed by atoms with Crippen molar-refractivity contribution in [1.29, 1.82) is 0 Å². The van der Waals surface area contributed by atoms with Crippen LogP contribution in [0.5, 0.6) is 0 Å². The van der Waals surface area contributed by atoms with E-state index in [0.717, 1.165) is 11.1 Å².